The van der Waals surface area contributed by atoms with Crippen molar-refractivity contribution in [1.29, 1.82) is 0 Å². The van der Waals surface area contributed by atoms with Crippen LogP contribution in [0.4, 0.5) is 10.1 Å². The van der Waals surface area contributed by atoms with Gasteiger partial charge in [0, 0.05) is 5.56 Å². The first-order valence-electron chi connectivity index (χ1n) is 11.0. The first-order valence-corrected chi connectivity index (χ1v) is 12.3. The van der Waals surface area contributed by atoms with Crippen LogP contribution in [0.15, 0.2) is 77.7 Å². The SMILES string of the molecule is O=C(O)Cc1ccc(CN2C(=O)/C(=C3/C(=O)N(Cc4ccc(F)cc4)c4ccccc43)SC2=S)cc1. The highest BCUT2D eigenvalue weighted by Gasteiger charge is 2.41. The number of rotatable bonds is 6. The summed E-state index contributed by atoms with van der Waals surface area (Å²) in [5.41, 5.74) is 3.87. The fourth-order valence-corrected chi connectivity index (χ4v) is 5.56. The third-order valence-electron chi connectivity index (χ3n) is 5.97. The maximum absolute atomic E-state index is 13.6. The molecule has 5 rings (SSSR count). The van der Waals surface area contributed by atoms with Crippen LogP contribution in [0.2, 0.25) is 0 Å². The highest BCUT2D eigenvalue weighted by molar-refractivity contribution is 8.26. The summed E-state index contributed by atoms with van der Waals surface area (Å²) in [6.07, 6.45) is -0.0800. The van der Waals surface area contributed by atoms with Crippen molar-refractivity contribution in [3.05, 3.63) is 106 Å². The Labute approximate surface area is 216 Å². The van der Waals surface area contributed by atoms with Gasteiger partial charge in [-0.25, -0.2) is 4.39 Å². The molecule has 1 saturated heterocycles. The highest BCUT2D eigenvalue weighted by Crippen LogP contribution is 2.45. The number of carbonyl (C=O) groups is 3. The van der Waals surface area contributed by atoms with Crippen LogP contribution in [-0.4, -0.2) is 32.1 Å². The Hall–Kier alpha value is -3.82. The number of hydrogen-bond donors (Lipinski definition) is 1. The van der Waals surface area contributed by atoms with Crippen LogP contribution in [0, 0.1) is 5.82 Å². The summed E-state index contributed by atoms with van der Waals surface area (Å²) in [5.74, 6) is -1.92. The van der Waals surface area contributed by atoms with Crippen LogP contribution in [-0.2, 0) is 33.9 Å². The molecule has 2 heterocycles. The van der Waals surface area contributed by atoms with Crippen molar-refractivity contribution in [3.63, 3.8) is 0 Å². The molecule has 9 heteroatoms. The average molecular weight is 519 g/mol. The molecular formula is C27H19FN2O4S2. The number of hydrogen-bond acceptors (Lipinski definition) is 5. The minimum absolute atomic E-state index is 0.0800. The molecule has 1 N–H and O–H groups in total. The van der Waals surface area contributed by atoms with Crippen LogP contribution in [0.5, 0.6) is 0 Å². The van der Waals surface area contributed by atoms with E-state index < -0.39 is 5.97 Å². The van der Waals surface area contributed by atoms with Gasteiger partial charge in [-0.05, 0) is 34.9 Å². The molecule has 0 aromatic heterocycles. The van der Waals surface area contributed by atoms with Crippen LogP contribution < -0.4 is 4.90 Å². The van der Waals surface area contributed by atoms with E-state index in [1.165, 1.54) is 17.0 Å². The number of amides is 2. The Morgan fingerprint density at radius 3 is 2.08 bits per heavy atom. The number of nitrogens with zero attached hydrogens (tertiary/aromatic N) is 2. The minimum Gasteiger partial charge on any atom is -0.481 e. The van der Waals surface area contributed by atoms with Crippen molar-refractivity contribution in [2.75, 3.05) is 4.90 Å². The van der Waals surface area contributed by atoms with Crippen molar-refractivity contribution in [2.24, 2.45) is 0 Å². The molecule has 0 bridgehead atoms. The van der Waals surface area contributed by atoms with Gasteiger partial charge in [0.15, 0.2) is 0 Å². The summed E-state index contributed by atoms with van der Waals surface area (Å²) in [6.45, 7) is 0.451. The number of carboxylic acids is 1. The molecule has 0 atom stereocenters. The lowest BCUT2D eigenvalue weighted by Crippen LogP contribution is -2.29. The Bertz CT molecular complexity index is 1430. The lowest BCUT2D eigenvalue weighted by Gasteiger charge is -2.17. The molecule has 6 nitrogen and oxygen atoms in total. The van der Waals surface area contributed by atoms with E-state index in [1.807, 2.05) is 18.2 Å². The Kier molecular flexibility index (Phi) is 6.42. The normalized spacial score (nSPS) is 17.2. The van der Waals surface area contributed by atoms with Crippen molar-refractivity contribution in [1.82, 2.24) is 4.90 Å². The largest absolute Gasteiger partial charge is 0.481 e. The second kappa shape index (κ2) is 9.67. The van der Waals surface area contributed by atoms with Crippen LogP contribution in [0.1, 0.15) is 22.3 Å². The number of carboxylic acid groups (broad SMARTS) is 1. The van der Waals surface area contributed by atoms with Gasteiger partial charge >= 0.3 is 5.97 Å². The zero-order chi connectivity index (χ0) is 25.4. The minimum atomic E-state index is -0.915. The van der Waals surface area contributed by atoms with Crippen LogP contribution in [0.3, 0.4) is 0 Å². The molecule has 2 aliphatic heterocycles. The summed E-state index contributed by atoms with van der Waals surface area (Å²) >= 11 is 6.59. The van der Waals surface area contributed by atoms with E-state index in [2.05, 4.69) is 0 Å². The fourth-order valence-electron chi connectivity index (χ4n) is 4.23. The van der Waals surface area contributed by atoms with Crippen molar-refractivity contribution in [2.45, 2.75) is 19.5 Å². The third kappa shape index (κ3) is 4.55. The standard InChI is InChI=1S/C27H19FN2O4S2/c28-19-11-9-18(10-12-19)14-29-21-4-2-1-3-20(21)23(25(29)33)24-26(34)30(27(35)36-24)15-17-7-5-16(6-8-17)13-22(31)32/h1-12H,13-15H2,(H,31,32)/b24-23-. The van der Waals surface area contributed by atoms with Gasteiger partial charge in [0.1, 0.15) is 10.1 Å². The monoisotopic (exact) mass is 518 g/mol. The van der Waals surface area contributed by atoms with E-state index in [-0.39, 0.29) is 42.0 Å². The smallest absolute Gasteiger partial charge is 0.307 e. The zero-order valence-corrected chi connectivity index (χ0v) is 20.4. The zero-order valence-electron chi connectivity index (χ0n) is 18.8. The quantitative estimate of drug-likeness (QED) is 0.374. The Balaban J connectivity index is 1.43. The second-order valence-electron chi connectivity index (χ2n) is 8.39. The predicted octanol–water partition coefficient (Wildman–Crippen LogP) is 4.77. The van der Waals surface area contributed by atoms with Gasteiger partial charge < -0.3 is 10.0 Å². The first kappa shape index (κ1) is 23.9. The lowest BCUT2D eigenvalue weighted by molar-refractivity contribution is -0.136. The molecule has 3 aromatic rings. The average Bonchev–Trinajstić information content (AvgIpc) is 3.28. The number of halogens is 1. The lowest BCUT2D eigenvalue weighted by atomic mass is 10.1. The molecule has 36 heavy (non-hydrogen) atoms. The molecule has 1 fully saturated rings. The molecule has 3 aromatic carbocycles. The van der Waals surface area contributed by atoms with Gasteiger partial charge in [-0.15, -0.1) is 0 Å². The molecule has 0 aliphatic carbocycles. The number of thiocarbonyl (C=S) groups is 1. The van der Waals surface area contributed by atoms with E-state index in [1.54, 1.807) is 47.4 Å². The van der Waals surface area contributed by atoms with Gasteiger partial charge in [0.05, 0.1) is 35.7 Å². The van der Waals surface area contributed by atoms with Crippen molar-refractivity contribution >= 4 is 57.3 Å². The summed E-state index contributed by atoms with van der Waals surface area (Å²) in [4.78, 5) is 41.3. The molecular weight excluding hydrogens is 499 g/mol. The third-order valence-corrected chi connectivity index (χ3v) is 7.42. The molecule has 180 valence electrons. The van der Waals surface area contributed by atoms with Gasteiger partial charge in [-0.3, -0.25) is 19.3 Å². The van der Waals surface area contributed by atoms with Crippen LogP contribution in [0.25, 0.3) is 5.57 Å². The van der Waals surface area contributed by atoms with Gasteiger partial charge in [-0.1, -0.05) is 78.6 Å². The molecule has 2 aliphatic rings. The number of para-hydroxylation sites is 1. The number of aliphatic carboxylic acids is 1. The maximum Gasteiger partial charge on any atom is 0.307 e. The van der Waals surface area contributed by atoms with E-state index in [0.717, 1.165) is 22.9 Å². The number of anilines is 1. The topological polar surface area (TPSA) is 77.9 Å². The maximum atomic E-state index is 13.6. The molecule has 0 spiro atoms. The Morgan fingerprint density at radius 1 is 0.833 bits per heavy atom. The molecule has 2 amide bonds. The Morgan fingerprint density at radius 2 is 1.42 bits per heavy atom. The van der Waals surface area contributed by atoms with Gasteiger partial charge in [0.25, 0.3) is 11.8 Å². The molecule has 0 saturated carbocycles. The van der Waals surface area contributed by atoms with Gasteiger partial charge in [-0.2, -0.15) is 0 Å². The van der Waals surface area contributed by atoms with E-state index in [9.17, 15) is 18.8 Å². The van der Waals surface area contributed by atoms with Crippen molar-refractivity contribution < 1.29 is 23.9 Å². The highest BCUT2D eigenvalue weighted by atomic mass is 32.2. The van der Waals surface area contributed by atoms with Gasteiger partial charge in [0.2, 0.25) is 0 Å². The summed E-state index contributed by atoms with van der Waals surface area (Å²) in [7, 11) is 0. The van der Waals surface area contributed by atoms with Crippen molar-refractivity contribution in [3.8, 4) is 0 Å². The number of fused-ring (bicyclic) bond motifs is 1. The number of benzene rings is 3. The first-order chi connectivity index (χ1) is 17.3. The van der Waals surface area contributed by atoms with E-state index in [0.29, 0.717) is 26.7 Å². The van der Waals surface area contributed by atoms with E-state index >= 15 is 0 Å². The molecule has 0 unspecified atom stereocenters. The predicted molar refractivity (Wildman–Crippen MR) is 139 cm³/mol. The van der Waals surface area contributed by atoms with Crippen LogP contribution >= 0.6 is 24.0 Å². The molecule has 0 radical (unpaired) electrons. The number of carbonyl (C=O) groups excluding carboxylic acids is 2. The van der Waals surface area contributed by atoms with E-state index in [4.69, 9.17) is 17.3 Å². The summed E-state index contributed by atoms with van der Waals surface area (Å²) < 4.78 is 13.7. The summed E-state index contributed by atoms with van der Waals surface area (Å²) in [6, 6.07) is 20.2. The second-order valence-corrected chi connectivity index (χ2v) is 10.0. The fraction of sp³-hybridized carbons (Fsp3) is 0.111. The summed E-state index contributed by atoms with van der Waals surface area (Å²) in [5, 5.41) is 8.95. The number of thioether (sulfide) groups is 1.